The summed E-state index contributed by atoms with van der Waals surface area (Å²) < 4.78 is 5.62. The van der Waals surface area contributed by atoms with E-state index >= 15 is 0 Å². The van der Waals surface area contributed by atoms with E-state index in [0.717, 1.165) is 32.1 Å². The lowest BCUT2D eigenvalue weighted by atomic mass is 9.79. The van der Waals surface area contributed by atoms with Crippen molar-refractivity contribution < 1.29 is 19.4 Å². The maximum atomic E-state index is 12.4. The Morgan fingerprint density at radius 3 is 2.40 bits per heavy atom. The van der Waals surface area contributed by atoms with Crippen molar-refractivity contribution in [2.24, 2.45) is 5.41 Å². The van der Waals surface area contributed by atoms with E-state index in [1.54, 1.807) is 6.92 Å². The Morgan fingerprint density at radius 1 is 1.30 bits per heavy atom. The summed E-state index contributed by atoms with van der Waals surface area (Å²) in [5.74, 6) is -1.31. The molecule has 1 fully saturated rings. The number of carbonyl (C=O) groups excluding carboxylic acids is 1. The number of esters is 1. The Labute approximate surface area is 121 Å². The SMILES string of the molecule is C=C(CC(C)(CCC)C(=O)OC1CCCCC1)C(=O)O. The van der Waals surface area contributed by atoms with Gasteiger partial charge in [-0.25, -0.2) is 4.79 Å². The molecule has 1 rings (SSSR count). The van der Waals surface area contributed by atoms with Crippen molar-refractivity contribution >= 4 is 11.9 Å². The third kappa shape index (κ3) is 4.66. The van der Waals surface area contributed by atoms with Crippen LogP contribution in [-0.2, 0) is 14.3 Å². The van der Waals surface area contributed by atoms with Crippen LogP contribution in [0.15, 0.2) is 12.2 Å². The first kappa shape index (κ1) is 16.7. The van der Waals surface area contributed by atoms with Gasteiger partial charge in [0.2, 0.25) is 0 Å². The highest BCUT2D eigenvalue weighted by molar-refractivity contribution is 5.87. The van der Waals surface area contributed by atoms with Crippen LogP contribution in [-0.4, -0.2) is 23.1 Å². The van der Waals surface area contributed by atoms with E-state index in [4.69, 9.17) is 9.84 Å². The highest BCUT2D eigenvalue weighted by atomic mass is 16.5. The summed E-state index contributed by atoms with van der Waals surface area (Å²) in [4.78, 5) is 23.4. The Bertz CT molecular complexity index is 369. The van der Waals surface area contributed by atoms with E-state index in [0.29, 0.717) is 6.42 Å². The van der Waals surface area contributed by atoms with Gasteiger partial charge in [-0.3, -0.25) is 4.79 Å². The molecule has 4 heteroatoms. The van der Waals surface area contributed by atoms with E-state index in [-0.39, 0.29) is 24.1 Å². The van der Waals surface area contributed by atoms with Gasteiger partial charge < -0.3 is 9.84 Å². The van der Waals surface area contributed by atoms with Crippen LogP contribution in [0.4, 0.5) is 0 Å². The molecule has 0 bridgehead atoms. The molecular formula is C16H26O4. The molecule has 0 aromatic carbocycles. The van der Waals surface area contributed by atoms with E-state index in [2.05, 4.69) is 6.58 Å². The Hall–Kier alpha value is -1.32. The largest absolute Gasteiger partial charge is 0.478 e. The zero-order valence-electron chi connectivity index (χ0n) is 12.6. The second-order valence-corrected chi connectivity index (χ2v) is 6.06. The van der Waals surface area contributed by atoms with Gasteiger partial charge in [0.25, 0.3) is 0 Å². The maximum absolute atomic E-state index is 12.4. The van der Waals surface area contributed by atoms with Crippen molar-refractivity contribution in [1.82, 2.24) is 0 Å². The highest BCUT2D eigenvalue weighted by Gasteiger charge is 2.37. The maximum Gasteiger partial charge on any atom is 0.330 e. The summed E-state index contributed by atoms with van der Waals surface area (Å²) in [6.45, 7) is 7.31. The number of hydrogen-bond acceptors (Lipinski definition) is 3. The minimum Gasteiger partial charge on any atom is -0.478 e. The molecule has 1 aliphatic rings. The number of ether oxygens (including phenoxy) is 1. The molecule has 0 aliphatic heterocycles. The molecule has 1 N–H and O–H groups in total. The number of carboxylic acid groups (broad SMARTS) is 1. The van der Waals surface area contributed by atoms with Gasteiger partial charge in [-0.15, -0.1) is 0 Å². The van der Waals surface area contributed by atoms with Crippen molar-refractivity contribution in [3.05, 3.63) is 12.2 Å². The Balaban J connectivity index is 2.68. The predicted octanol–water partition coefficient (Wildman–Crippen LogP) is 3.70. The van der Waals surface area contributed by atoms with Gasteiger partial charge in [-0.1, -0.05) is 26.3 Å². The van der Waals surface area contributed by atoms with Crippen molar-refractivity contribution in [3.63, 3.8) is 0 Å². The molecule has 1 atom stereocenters. The first-order valence-corrected chi connectivity index (χ1v) is 7.51. The third-order valence-corrected chi connectivity index (χ3v) is 4.03. The second kappa shape index (κ2) is 7.46. The molecule has 0 aromatic rings. The van der Waals surface area contributed by atoms with E-state index in [9.17, 15) is 9.59 Å². The average molecular weight is 282 g/mol. The fraction of sp³-hybridized carbons (Fsp3) is 0.750. The summed E-state index contributed by atoms with van der Waals surface area (Å²) in [5.41, 5.74) is -0.705. The summed E-state index contributed by atoms with van der Waals surface area (Å²) in [7, 11) is 0. The number of aliphatic carboxylic acids is 1. The average Bonchev–Trinajstić information content (AvgIpc) is 2.39. The number of rotatable bonds is 7. The van der Waals surface area contributed by atoms with Crippen LogP contribution >= 0.6 is 0 Å². The molecule has 20 heavy (non-hydrogen) atoms. The molecule has 0 radical (unpaired) electrons. The Morgan fingerprint density at radius 2 is 1.90 bits per heavy atom. The lowest BCUT2D eigenvalue weighted by Gasteiger charge is -2.31. The van der Waals surface area contributed by atoms with Crippen LogP contribution in [0, 0.1) is 5.41 Å². The van der Waals surface area contributed by atoms with Crippen molar-refractivity contribution in [2.75, 3.05) is 0 Å². The lowest BCUT2D eigenvalue weighted by molar-refractivity contribution is -0.162. The van der Waals surface area contributed by atoms with Gasteiger partial charge in [0, 0.05) is 5.57 Å². The molecule has 1 aliphatic carbocycles. The summed E-state index contributed by atoms with van der Waals surface area (Å²) in [5, 5.41) is 8.97. The number of hydrogen-bond donors (Lipinski definition) is 1. The fourth-order valence-corrected chi connectivity index (χ4v) is 2.84. The number of carbonyl (C=O) groups is 2. The molecule has 0 saturated heterocycles. The van der Waals surface area contributed by atoms with Crippen LogP contribution in [0.25, 0.3) is 0 Å². The molecular weight excluding hydrogens is 256 g/mol. The van der Waals surface area contributed by atoms with Crippen LogP contribution in [0.1, 0.15) is 65.2 Å². The molecule has 4 nitrogen and oxygen atoms in total. The third-order valence-electron chi connectivity index (χ3n) is 4.03. The molecule has 0 aromatic heterocycles. The minimum atomic E-state index is -1.04. The molecule has 114 valence electrons. The van der Waals surface area contributed by atoms with E-state index in [1.165, 1.54) is 6.42 Å². The van der Waals surface area contributed by atoms with Gasteiger partial charge in [0.05, 0.1) is 5.41 Å². The highest BCUT2D eigenvalue weighted by Crippen LogP contribution is 2.34. The first-order chi connectivity index (χ1) is 9.39. The number of carboxylic acids is 1. The van der Waals surface area contributed by atoms with Crippen LogP contribution in [0.5, 0.6) is 0 Å². The molecule has 1 saturated carbocycles. The van der Waals surface area contributed by atoms with Crippen molar-refractivity contribution in [2.45, 2.75) is 71.3 Å². The quantitative estimate of drug-likeness (QED) is 0.571. The summed E-state index contributed by atoms with van der Waals surface area (Å²) in [6, 6.07) is 0. The standard InChI is InChI=1S/C16H26O4/c1-4-10-16(3,11-12(2)14(17)18)15(19)20-13-8-6-5-7-9-13/h13H,2,4-11H2,1,3H3,(H,17,18). The fourth-order valence-electron chi connectivity index (χ4n) is 2.84. The molecule has 0 heterocycles. The smallest absolute Gasteiger partial charge is 0.330 e. The van der Waals surface area contributed by atoms with Crippen LogP contribution < -0.4 is 0 Å². The molecule has 0 amide bonds. The van der Waals surface area contributed by atoms with E-state index < -0.39 is 11.4 Å². The van der Waals surface area contributed by atoms with Gasteiger partial charge in [-0.05, 0) is 45.4 Å². The normalized spacial score (nSPS) is 19.1. The molecule has 0 spiro atoms. The first-order valence-electron chi connectivity index (χ1n) is 7.51. The predicted molar refractivity (Wildman–Crippen MR) is 77.4 cm³/mol. The van der Waals surface area contributed by atoms with Crippen molar-refractivity contribution in [1.29, 1.82) is 0 Å². The van der Waals surface area contributed by atoms with Gasteiger partial charge in [-0.2, -0.15) is 0 Å². The van der Waals surface area contributed by atoms with Crippen LogP contribution in [0.3, 0.4) is 0 Å². The zero-order chi connectivity index (χ0) is 15.2. The summed E-state index contributed by atoms with van der Waals surface area (Å²) in [6.07, 6.45) is 6.84. The topological polar surface area (TPSA) is 63.6 Å². The zero-order valence-corrected chi connectivity index (χ0v) is 12.6. The molecule has 1 unspecified atom stereocenters. The lowest BCUT2D eigenvalue weighted by Crippen LogP contribution is -2.34. The van der Waals surface area contributed by atoms with Crippen molar-refractivity contribution in [3.8, 4) is 0 Å². The monoisotopic (exact) mass is 282 g/mol. The summed E-state index contributed by atoms with van der Waals surface area (Å²) >= 11 is 0. The Kier molecular flexibility index (Phi) is 6.24. The van der Waals surface area contributed by atoms with Gasteiger partial charge in [0.15, 0.2) is 0 Å². The van der Waals surface area contributed by atoms with E-state index in [1.807, 2.05) is 6.92 Å². The van der Waals surface area contributed by atoms with Gasteiger partial charge in [0.1, 0.15) is 6.10 Å². The van der Waals surface area contributed by atoms with Gasteiger partial charge >= 0.3 is 11.9 Å². The second-order valence-electron chi connectivity index (χ2n) is 6.06. The van der Waals surface area contributed by atoms with Crippen LogP contribution in [0.2, 0.25) is 0 Å². The minimum absolute atomic E-state index is 0.00512.